The maximum absolute atomic E-state index is 11.2. The molecule has 1 saturated heterocycles. The van der Waals surface area contributed by atoms with Crippen LogP contribution in [0.25, 0.3) is 0 Å². The van der Waals surface area contributed by atoms with Crippen molar-refractivity contribution in [3.8, 4) is 0 Å². The monoisotopic (exact) mass is 213 g/mol. The van der Waals surface area contributed by atoms with Crippen LogP contribution in [0, 0.1) is 0 Å². The van der Waals surface area contributed by atoms with Crippen LogP contribution in [0.1, 0.15) is 11.1 Å². The Hall–Kier alpha value is -0.940. The van der Waals surface area contributed by atoms with Crippen molar-refractivity contribution < 1.29 is 13.9 Å². The second kappa shape index (κ2) is 4.06. The molecule has 0 aliphatic carbocycles. The van der Waals surface area contributed by atoms with Crippen molar-refractivity contribution in [2.24, 2.45) is 0 Å². The molecule has 1 aromatic heterocycles. The van der Waals surface area contributed by atoms with Crippen LogP contribution in [-0.2, 0) is 9.53 Å². The molecule has 76 valence electrons. The summed E-state index contributed by atoms with van der Waals surface area (Å²) >= 11 is 1.65. The molecule has 2 heterocycles. The number of hydrogen-bond acceptors (Lipinski definition) is 5. The van der Waals surface area contributed by atoms with Gasteiger partial charge in [-0.3, -0.25) is 10.1 Å². The van der Waals surface area contributed by atoms with Crippen molar-refractivity contribution in [1.82, 2.24) is 5.32 Å². The summed E-state index contributed by atoms with van der Waals surface area (Å²) < 4.78 is 9.90. The Bertz CT molecular complexity index is 312. The van der Waals surface area contributed by atoms with Gasteiger partial charge in [0, 0.05) is 5.75 Å². The summed E-state index contributed by atoms with van der Waals surface area (Å²) in [6.45, 7) is 0. The lowest BCUT2D eigenvalue weighted by Gasteiger charge is -2.08. The SMILES string of the molecule is COC(=O)C1CSC(c2ccco2)N1. The summed E-state index contributed by atoms with van der Waals surface area (Å²) in [5.41, 5.74) is 0. The molecule has 1 aromatic rings. The van der Waals surface area contributed by atoms with E-state index in [1.54, 1.807) is 18.0 Å². The molecule has 1 N–H and O–H groups in total. The predicted octanol–water partition coefficient (Wildman–Crippen LogP) is 1.16. The van der Waals surface area contributed by atoms with Crippen LogP contribution in [-0.4, -0.2) is 24.9 Å². The highest BCUT2D eigenvalue weighted by atomic mass is 32.2. The second-order valence-electron chi connectivity index (χ2n) is 2.97. The smallest absolute Gasteiger partial charge is 0.323 e. The van der Waals surface area contributed by atoms with Gasteiger partial charge in [0.15, 0.2) is 0 Å². The van der Waals surface area contributed by atoms with Gasteiger partial charge in [0.1, 0.15) is 17.2 Å². The molecular formula is C9H11NO3S. The number of hydrogen-bond donors (Lipinski definition) is 1. The minimum Gasteiger partial charge on any atom is -0.468 e. The molecule has 0 bridgehead atoms. The van der Waals surface area contributed by atoms with Crippen LogP contribution >= 0.6 is 11.8 Å². The summed E-state index contributed by atoms with van der Waals surface area (Å²) in [5, 5.41) is 3.20. The van der Waals surface area contributed by atoms with Gasteiger partial charge < -0.3 is 9.15 Å². The zero-order valence-corrected chi connectivity index (χ0v) is 8.54. The highest BCUT2D eigenvalue weighted by Gasteiger charge is 2.32. The summed E-state index contributed by atoms with van der Waals surface area (Å²) in [5.74, 6) is 1.35. The first-order valence-electron chi connectivity index (χ1n) is 4.30. The van der Waals surface area contributed by atoms with Gasteiger partial charge in [0.25, 0.3) is 0 Å². The lowest BCUT2D eigenvalue weighted by molar-refractivity contribution is -0.142. The minimum atomic E-state index is -0.222. The van der Waals surface area contributed by atoms with E-state index in [0.29, 0.717) is 0 Å². The van der Waals surface area contributed by atoms with E-state index in [1.807, 2.05) is 12.1 Å². The van der Waals surface area contributed by atoms with Crippen molar-refractivity contribution in [2.75, 3.05) is 12.9 Å². The van der Waals surface area contributed by atoms with E-state index in [4.69, 9.17) is 4.42 Å². The molecule has 5 heteroatoms. The van der Waals surface area contributed by atoms with Gasteiger partial charge in [-0.05, 0) is 12.1 Å². The third-order valence-corrected chi connectivity index (χ3v) is 3.30. The van der Waals surface area contributed by atoms with E-state index in [-0.39, 0.29) is 17.4 Å². The molecule has 0 amide bonds. The number of ether oxygens (including phenoxy) is 1. The lowest BCUT2D eigenvalue weighted by atomic mass is 10.3. The van der Waals surface area contributed by atoms with Gasteiger partial charge in [-0.1, -0.05) is 0 Å². The molecule has 1 aliphatic heterocycles. The first-order valence-corrected chi connectivity index (χ1v) is 5.35. The Balaban J connectivity index is 1.98. The Morgan fingerprint density at radius 2 is 2.64 bits per heavy atom. The van der Waals surface area contributed by atoms with Gasteiger partial charge in [-0.2, -0.15) is 0 Å². The maximum Gasteiger partial charge on any atom is 0.323 e. The number of rotatable bonds is 2. The normalized spacial score (nSPS) is 26.4. The minimum absolute atomic E-state index is 0.0640. The van der Waals surface area contributed by atoms with E-state index in [2.05, 4.69) is 10.1 Å². The van der Waals surface area contributed by atoms with Crippen molar-refractivity contribution in [1.29, 1.82) is 0 Å². The fraction of sp³-hybridized carbons (Fsp3) is 0.444. The zero-order chi connectivity index (χ0) is 9.97. The summed E-state index contributed by atoms with van der Waals surface area (Å²) in [6.07, 6.45) is 1.63. The van der Waals surface area contributed by atoms with Crippen molar-refractivity contribution >= 4 is 17.7 Å². The van der Waals surface area contributed by atoms with E-state index >= 15 is 0 Å². The topological polar surface area (TPSA) is 51.5 Å². The van der Waals surface area contributed by atoms with E-state index in [0.717, 1.165) is 11.5 Å². The summed E-state index contributed by atoms with van der Waals surface area (Å²) in [7, 11) is 1.40. The van der Waals surface area contributed by atoms with Gasteiger partial charge in [-0.15, -0.1) is 11.8 Å². The number of esters is 1. The van der Waals surface area contributed by atoms with Crippen LogP contribution in [0.2, 0.25) is 0 Å². The number of nitrogens with one attached hydrogen (secondary N) is 1. The van der Waals surface area contributed by atoms with Gasteiger partial charge in [0.2, 0.25) is 0 Å². The van der Waals surface area contributed by atoms with Gasteiger partial charge in [-0.25, -0.2) is 0 Å². The maximum atomic E-state index is 11.2. The first kappa shape index (κ1) is 9.61. The fourth-order valence-corrected chi connectivity index (χ4v) is 2.53. The van der Waals surface area contributed by atoms with Gasteiger partial charge in [0.05, 0.1) is 13.4 Å². The van der Waals surface area contributed by atoms with Crippen LogP contribution in [0.3, 0.4) is 0 Å². The number of carbonyl (C=O) groups is 1. The number of furan rings is 1. The molecule has 0 spiro atoms. The standard InChI is InChI=1S/C9H11NO3S/c1-12-9(11)6-5-14-8(10-6)7-3-2-4-13-7/h2-4,6,8,10H,5H2,1H3. The van der Waals surface area contributed by atoms with Crippen molar-refractivity contribution in [2.45, 2.75) is 11.4 Å². The molecule has 0 aromatic carbocycles. The largest absolute Gasteiger partial charge is 0.468 e. The average molecular weight is 213 g/mol. The molecule has 14 heavy (non-hydrogen) atoms. The van der Waals surface area contributed by atoms with Crippen LogP contribution < -0.4 is 5.32 Å². The first-order chi connectivity index (χ1) is 6.81. The molecule has 2 unspecified atom stereocenters. The molecule has 4 nitrogen and oxygen atoms in total. The van der Waals surface area contributed by atoms with E-state index < -0.39 is 0 Å². The van der Waals surface area contributed by atoms with Crippen molar-refractivity contribution in [3.05, 3.63) is 24.2 Å². The Morgan fingerprint density at radius 3 is 3.29 bits per heavy atom. The summed E-state index contributed by atoms with van der Waals surface area (Å²) in [4.78, 5) is 11.2. The molecule has 1 fully saturated rings. The number of carbonyl (C=O) groups excluding carboxylic acids is 1. The molecule has 2 atom stereocenters. The van der Waals surface area contributed by atoms with Crippen LogP contribution in [0.5, 0.6) is 0 Å². The molecule has 0 saturated carbocycles. The summed E-state index contributed by atoms with van der Waals surface area (Å²) in [6, 6.07) is 3.51. The predicted molar refractivity (Wildman–Crippen MR) is 52.8 cm³/mol. The Kier molecular flexibility index (Phi) is 2.79. The molecule has 1 aliphatic rings. The van der Waals surface area contributed by atoms with Gasteiger partial charge >= 0.3 is 5.97 Å². The average Bonchev–Trinajstić information content (AvgIpc) is 2.86. The lowest BCUT2D eigenvalue weighted by Crippen LogP contribution is -2.34. The third-order valence-electron chi connectivity index (χ3n) is 2.07. The fourth-order valence-electron chi connectivity index (χ4n) is 1.35. The van der Waals surface area contributed by atoms with E-state index in [9.17, 15) is 4.79 Å². The zero-order valence-electron chi connectivity index (χ0n) is 7.73. The second-order valence-corrected chi connectivity index (χ2v) is 4.11. The van der Waals surface area contributed by atoms with Crippen molar-refractivity contribution in [3.63, 3.8) is 0 Å². The highest BCUT2D eigenvalue weighted by molar-refractivity contribution is 7.99. The Labute approximate surface area is 86.0 Å². The van der Waals surface area contributed by atoms with E-state index in [1.165, 1.54) is 7.11 Å². The highest BCUT2D eigenvalue weighted by Crippen LogP contribution is 2.32. The molecular weight excluding hydrogens is 202 g/mol. The van der Waals surface area contributed by atoms with Crippen LogP contribution in [0.4, 0.5) is 0 Å². The Morgan fingerprint density at radius 1 is 1.79 bits per heavy atom. The molecule has 2 rings (SSSR count). The van der Waals surface area contributed by atoms with Crippen LogP contribution in [0.15, 0.2) is 22.8 Å². The molecule has 0 radical (unpaired) electrons. The third kappa shape index (κ3) is 1.78. The quantitative estimate of drug-likeness (QED) is 0.747. The number of thioether (sulfide) groups is 1. The number of methoxy groups -OCH3 is 1.